The summed E-state index contributed by atoms with van der Waals surface area (Å²) < 4.78 is 5.31. The van der Waals surface area contributed by atoms with Crippen LogP contribution in [0.4, 0.5) is 4.79 Å². The number of carboxylic acid groups (broad SMARTS) is 1. The third-order valence-electron chi connectivity index (χ3n) is 4.35. The molecule has 8 nitrogen and oxygen atoms in total. The maximum absolute atomic E-state index is 12.0. The third-order valence-corrected chi connectivity index (χ3v) is 4.35. The molecule has 2 aromatic rings. The van der Waals surface area contributed by atoms with Gasteiger partial charge < -0.3 is 21.3 Å². The topological polar surface area (TPSA) is 140 Å². The summed E-state index contributed by atoms with van der Waals surface area (Å²) in [6.45, 7) is -0.105. The standard InChI is InChI=1S/C19H20N4O4/c20-16(17(24)25)9-22-18(21)23-19(26)27-10-15-13-7-3-1-5-11(13)12-6-2-4-8-14(12)15/h1-8,15-16H,9-10,20H2,(H,24,25)(H3,21,22,23,26). The monoisotopic (exact) mass is 368 g/mol. The van der Waals surface area contributed by atoms with E-state index in [0.29, 0.717) is 0 Å². The second-order valence-electron chi connectivity index (χ2n) is 6.12. The smallest absolute Gasteiger partial charge is 0.413 e. The number of carboxylic acids is 1. The lowest BCUT2D eigenvalue weighted by atomic mass is 9.98. The molecular weight excluding hydrogens is 348 g/mol. The van der Waals surface area contributed by atoms with Crippen molar-refractivity contribution < 1.29 is 19.4 Å². The van der Waals surface area contributed by atoms with Gasteiger partial charge in [-0.05, 0) is 22.3 Å². The number of hydrogen-bond donors (Lipinski definition) is 4. The molecule has 3 rings (SSSR count). The van der Waals surface area contributed by atoms with Crippen molar-refractivity contribution in [1.82, 2.24) is 5.32 Å². The van der Waals surface area contributed by atoms with Gasteiger partial charge in [-0.2, -0.15) is 0 Å². The molecule has 1 aliphatic rings. The molecule has 2 aromatic carbocycles. The van der Waals surface area contributed by atoms with Crippen LogP contribution in [-0.2, 0) is 9.53 Å². The van der Waals surface area contributed by atoms with Crippen molar-refractivity contribution >= 4 is 18.0 Å². The predicted octanol–water partition coefficient (Wildman–Crippen LogP) is 1.25. The van der Waals surface area contributed by atoms with E-state index in [0.717, 1.165) is 22.3 Å². The first-order chi connectivity index (χ1) is 13.0. The highest BCUT2D eigenvalue weighted by atomic mass is 16.5. The van der Waals surface area contributed by atoms with Crippen molar-refractivity contribution in [3.05, 3.63) is 59.7 Å². The summed E-state index contributed by atoms with van der Waals surface area (Å²) in [7, 11) is 0. The van der Waals surface area contributed by atoms with Gasteiger partial charge in [-0.25, -0.2) is 4.79 Å². The van der Waals surface area contributed by atoms with Gasteiger partial charge in [0.25, 0.3) is 0 Å². The molecule has 0 spiro atoms. The number of nitrogens with one attached hydrogen (secondary N) is 1. The maximum Gasteiger partial charge on any atom is 0.413 e. The SMILES string of the molecule is NC(=NCC(N)C(=O)O)NC(=O)OCC1c2ccccc2-c2ccccc21. The lowest BCUT2D eigenvalue weighted by Crippen LogP contribution is -2.40. The molecule has 1 unspecified atom stereocenters. The number of alkyl carbamates (subject to hydrolysis) is 1. The fourth-order valence-electron chi connectivity index (χ4n) is 3.05. The lowest BCUT2D eigenvalue weighted by molar-refractivity contribution is -0.138. The number of amides is 1. The number of carbonyl (C=O) groups excluding carboxylic acids is 1. The van der Waals surface area contributed by atoms with Crippen LogP contribution in [0.1, 0.15) is 17.0 Å². The Morgan fingerprint density at radius 1 is 1.11 bits per heavy atom. The van der Waals surface area contributed by atoms with Crippen molar-refractivity contribution in [2.45, 2.75) is 12.0 Å². The molecule has 0 aliphatic heterocycles. The molecular formula is C19H20N4O4. The molecule has 1 amide bonds. The average Bonchev–Trinajstić information content (AvgIpc) is 2.98. The molecule has 0 saturated carbocycles. The second-order valence-corrected chi connectivity index (χ2v) is 6.12. The Kier molecular flexibility index (Phi) is 5.37. The largest absolute Gasteiger partial charge is 0.480 e. The summed E-state index contributed by atoms with van der Waals surface area (Å²) in [6.07, 6.45) is -0.762. The highest BCUT2D eigenvalue weighted by Gasteiger charge is 2.29. The number of rotatable bonds is 5. The first-order valence-corrected chi connectivity index (χ1v) is 8.37. The molecule has 0 bridgehead atoms. The molecule has 1 atom stereocenters. The normalized spacial score (nSPS) is 14.2. The molecule has 27 heavy (non-hydrogen) atoms. The van der Waals surface area contributed by atoms with E-state index in [2.05, 4.69) is 10.3 Å². The van der Waals surface area contributed by atoms with Gasteiger partial charge in [0.1, 0.15) is 12.6 Å². The van der Waals surface area contributed by atoms with Gasteiger partial charge in [0.15, 0.2) is 5.96 Å². The van der Waals surface area contributed by atoms with Gasteiger partial charge in [0.05, 0.1) is 6.54 Å². The van der Waals surface area contributed by atoms with E-state index in [4.69, 9.17) is 21.3 Å². The van der Waals surface area contributed by atoms with E-state index >= 15 is 0 Å². The van der Waals surface area contributed by atoms with Gasteiger partial charge in [-0.1, -0.05) is 48.5 Å². The van der Waals surface area contributed by atoms with Gasteiger partial charge in [0, 0.05) is 5.92 Å². The minimum absolute atomic E-state index is 0.0678. The van der Waals surface area contributed by atoms with E-state index in [1.807, 2.05) is 48.5 Å². The van der Waals surface area contributed by atoms with Crippen LogP contribution >= 0.6 is 0 Å². The Labute approximate surface area is 155 Å². The van der Waals surface area contributed by atoms with Crippen LogP contribution < -0.4 is 16.8 Å². The van der Waals surface area contributed by atoms with Gasteiger partial charge in [-0.15, -0.1) is 0 Å². The number of nitrogens with zero attached hydrogens (tertiary/aromatic N) is 1. The fraction of sp³-hybridized carbons (Fsp3) is 0.211. The van der Waals surface area contributed by atoms with Crippen LogP contribution in [0.5, 0.6) is 0 Å². The van der Waals surface area contributed by atoms with Gasteiger partial charge in [-0.3, -0.25) is 15.1 Å². The van der Waals surface area contributed by atoms with E-state index in [1.165, 1.54) is 0 Å². The third kappa shape index (κ3) is 4.06. The molecule has 0 saturated heterocycles. The summed E-state index contributed by atoms with van der Waals surface area (Å²) in [5.41, 5.74) is 15.3. The van der Waals surface area contributed by atoms with Crippen molar-refractivity contribution in [1.29, 1.82) is 0 Å². The summed E-state index contributed by atoms with van der Waals surface area (Å²) in [5.74, 6) is -1.52. The second kappa shape index (κ2) is 7.88. The zero-order valence-corrected chi connectivity index (χ0v) is 14.5. The first-order valence-electron chi connectivity index (χ1n) is 8.37. The Morgan fingerprint density at radius 3 is 2.22 bits per heavy atom. The van der Waals surface area contributed by atoms with Crippen molar-refractivity contribution in [2.75, 3.05) is 13.2 Å². The number of hydrogen-bond acceptors (Lipinski definition) is 5. The number of ether oxygens (including phenoxy) is 1. The number of carbonyl (C=O) groups is 2. The van der Waals surface area contributed by atoms with Gasteiger partial charge >= 0.3 is 12.1 Å². The highest BCUT2D eigenvalue weighted by molar-refractivity contribution is 5.93. The van der Waals surface area contributed by atoms with Crippen LogP contribution in [0.15, 0.2) is 53.5 Å². The van der Waals surface area contributed by atoms with Crippen LogP contribution in [0.3, 0.4) is 0 Å². The minimum atomic E-state index is -1.20. The molecule has 6 N–H and O–H groups in total. The molecule has 8 heteroatoms. The average molecular weight is 368 g/mol. The number of aliphatic imine (C=N–C) groups is 1. The Balaban J connectivity index is 1.62. The molecule has 1 aliphatic carbocycles. The fourth-order valence-corrected chi connectivity index (χ4v) is 3.05. The number of aliphatic carboxylic acids is 1. The predicted molar refractivity (Wildman–Crippen MR) is 100 cm³/mol. The molecule has 0 radical (unpaired) electrons. The van der Waals surface area contributed by atoms with Crippen molar-refractivity contribution in [2.24, 2.45) is 16.5 Å². The lowest BCUT2D eigenvalue weighted by Gasteiger charge is -2.14. The Hall–Kier alpha value is -3.39. The summed E-state index contributed by atoms with van der Waals surface area (Å²) >= 11 is 0. The number of guanidine groups is 1. The van der Waals surface area contributed by atoms with E-state index in [1.54, 1.807) is 0 Å². The molecule has 140 valence electrons. The molecule has 0 fully saturated rings. The van der Waals surface area contributed by atoms with E-state index < -0.39 is 18.1 Å². The summed E-state index contributed by atoms with van der Waals surface area (Å²) in [4.78, 5) is 26.3. The maximum atomic E-state index is 12.0. The summed E-state index contributed by atoms with van der Waals surface area (Å²) in [6, 6.07) is 14.8. The quantitative estimate of drug-likeness (QED) is 0.462. The number of benzene rings is 2. The zero-order chi connectivity index (χ0) is 19.4. The van der Waals surface area contributed by atoms with Crippen molar-refractivity contribution in [3.8, 4) is 11.1 Å². The van der Waals surface area contributed by atoms with Crippen LogP contribution in [0, 0.1) is 0 Å². The van der Waals surface area contributed by atoms with Gasteiger partial charge in [0.2, 0.25) is 0 Å². The van der Waals surface area contributed by atoms with Crippen LogP contribution in [0.2, 0.25) is 0 Å². The molecule has 0 heterocycles. The molecule has 0 aromatic heterocycles. The Morgan fingerprint density at radius 2 is 1.67 bits per heavy atom. The highest BCUT2D eigenvalue weighted by Crippen LogP contribution is 2.44. The first kappa shape index (κ1) is 18.4. The van der Waals surface area contributed by atoms with Crippen molar-refractivity contribution in [3.63, 3.8) is 0 Å². The van der Waals surface area contributed by atoms with Crippen LogP contribution in [0.25, 0.3) is 11.1 Å². The summed E-state index contributed by atoms with van der Waals surface area (Å²) in [5, 5.41) is 11.0. The number of nitrogens with two attached hydrogens (primary N) is 2. The van der Waals surface area contributed by atoms with Crippen LogP contribution in [-0.4, -0.2) is 42.3 Å². The number of fused-ring (bicyclic) bond motifs is 3. The Bertz CT molecular complexity index is 851. The van der Waals surface area contributed by atoms with E-state index in [9.17, 15) is 9.59 Å². The zero-order valence-electron chi connectivity index (χ0n) is 14.5. The minimum Gasteiger partial charge on any atom is -0.480 e. The van der Waals surface area contributed by atoms with E-state index in [-0.39, 0.29) is 25.0 Å².